The van der Waals surface area contributed by atoms with Crippen molar-refractivity contribution in [2.24, 2.45) is 0 Å². The Balaban J connectivity index is 2.06. The molecule has 3 rings (SSSR count). The quantitative estimate of drug-likeness (QED) is 0.747. The smallest absolute Gasteiger partial charge is 0.0818 e. The van der Waals surface area contributed by atoms with Crippen LogP contribution in [-0.4, -0.2) is 17.0 Å². The molecule has 1 aromatic carbocycles. The minimum absolute atomic E-state index is 0.971. The van der Waals surface area contributed by atoms with Crippen LogP contribution >= 0.6 is 11.3 Å². The van der Waals surface area contributed by atoms with Crippen LogP contribution < -0.4 is 5.32 Å². The van der Waals surface area contributed by atoms with Gasteiger partial charge in [0.15, 0.2) is 0 Å². The van der Waals surface area contributed by atoms with Crippen molar-refractivity contribution in [2.45, 2.75) is 0 Å². The highest BCUT2D eigenvalue weighted by atomic mass is 32.1. The second kappa shape index (κ2) is 4.14. The van der Waals surface area contributed by atoms with E-state index >= 15 is 0 Å². The zero-order chi connectivity index (χ0) is 11.7. The minimum Gasteiger partial charge on any atom is -0.387 e. The Kier molecular flexibility index (Phi) is 2.49. The van der Waals surface area contributed by atoms with Gasteiger partial charge in [0.25, 0.3) is 0 Å². The number of hydrogen-bond acceptors (Lipinski definition) is 4. The molecule has 0 saturated heterocycles. The van der Waals surface area contributed by atoms with Crippen LogP contribution in [-0.2, 0) is 0 Å². The molecule has 4 heteroatoms. The molecule has 2 aromatic heterocycles. The van der Waals surface area contributed by atoms with Gasteiger partial charge >= 0.3 is 0 Å². The molecule has 17 heavy (non-hydrogen) atoms. The molecular formula is C13H11N3S. The zero-order valence-corrected chi connectivity index (χ0v) is 10.2. The number of thiazole rings is 1. The summed E-state index contributed by atoms with van der Waals surface area (Å²) in [7, 11) is 1.89. The van der Waals surface area contributed by atoms with Crippen LogP contribution in [0.3, 0.4) is 0 Å². The predicted molar refractivity (Wildman–Crippen MR) is 72.4 cm³/mol. The summed E-state index contributed by atoms with van der Waals surface area (Å²) in [6, 6.07) is 10.3. The number of aromatic nitrogens is 2. The first-order chi connectivity index (χ1) is 8.36. The first kappa shape index (κ1) is 10.2. The lowest BCUT2D eigenvalue weighted by molar-refractivity contribution is 1.31. The Morgan fingerprint density at radius 2 is 2.06 bits per heavy atom. The van der Waals surface area contributed by atoms with Crippen molar-refractivity contribution in [1.29, 1.82) is 0 Å². The number of nitrogens with zero attached hydrogens (tertiary/aromatic N) is 2. The van der Waals surface area contributed by atoms with E-state index in [1.807, 2.05) is 30.9 Å². The van der Waals surface area contributed by atoms with Crippen LogP contribution in [0, 0.1) is 0 Å². The fourth-order valence-electron chi connectivity index (χ4n) is 1.73. The van der Waals surface area contributed by atoms with Crippen LogP contribution in [0.15, 0.2) is 42.0 Å². The topological polar surface area (TPSA) is 37.8 Å². The number of rotatable bonds is 2. The summed E-state index contributed by atoms with van der Waals surface area (Å²) in [5, 5.41) is 3.06. The van der Waals surface area contributed by atoms with Gasteiger partial charge < -0.3 is 5.32 Å². The molecule has 0 saturated carbocycles. The molecule has 0 aliphatic carbocycles. The second-order valence-corrected chi connectivity index (χ2v) is 4.60. The van der Waals surface area contributed by atoms with E-state index in [2.05, 4.69) is 33.5 Å². The fourth-order valence-corrected chi connectivity index (χ4v) is 2.39. The lowest BCUT2D eigenvalue weighted by Gasteiger charge is -2.03. The number of nitrogens with one attached hydrogen (secondary N) is 1. The number of hydrogen-bond donors (Lipinski definition) is 1. The van der Waals surface area contributed by atoms with Crippen LogP contribution in [0.5, 0.6) is 0 Å². The molecule has 0 radical (unpaired) electrons. The molecule has 2 heterocycles. The largest absolute Gasteiger partial charge is 0.387 e. The van der Waals surface area contributed by atoms with Crippen molar-refractivity contribution in [3.63, 3.8) is 0 Å². The van der Waals surface area contributed by atoms with Gasteiger partial charge in [-0.3, -0.25) is 4.98 Å². The average Bonchev–Trinajstić information content (AvgIpc) is 2.86. The fraction of sp³-hybridized carbons (Fsp3) is 0.0769. The first-order valence-corrected chi connectivity index (χ1v) is 6.22. The molecule has 0 aliphatic heterocycles. The summed E-state index contributed by atoms with van der Waals surface area (Å²) in [6.07, 6.45) is 1.83. The summed E-state index contributed by atoms with van der Waals surface area (Å²) in [5.41, 5.74) is 5.99. The Bertz CT molecular complexity index is 643. The van der Waals surface area contributed by atoms with Gasteiger partial charge in [0, 0.05) is 12.6 Å². The minimum atomic E-state index is 0.971. The summed E-state index contributed by atoms with van der Waals surface area (Å²) < 4.78 is 1.21. The van der Waals surface area contributed by atoms with Crippen LogP contribution in [0.2, 0.25) is 0 Å². The highest BCUT2D eigenvalue weighted by Crippen LogP contribution is 2.25. The molecule has 0 amide bonds. The molecule has 0 atom stereocenters. The maximum absolute atomic E-state index is 4.42. The van der Waals surface area contributed by atoms with E-state index in [-0.39, 0.29) is 0 Å². The zero-order valence-electron chi connectivity index (χ0n) is 9.34. The van der Waals surface area contributed by atoms with E-state index < -0.39 is 0 Å². The molecule has 0 aliphatic rings. The third-order valence-electron chi connectivity index (χ3n) is 2.68. The summed E-state index contributed by atoms with van der Waals surface area (Å²) in [6.45, 7) is 0. The normalized spacial score (nSPS) is 10.6. The highest BCUT2D eigenvalue weighted by molar-refractivity contribution is 7.16. The lowest BCUT2D eigenvalue weighted by atomic mass is 10.1. The van der Waals surface area contributed by atoms with Crippen molar-refractivity contribution in [1.82, 2.24) is 9.97 Å². The average molecular weight is 241 g/mol. The van der Waals surface area contributed by atoms with Gasteiger partial charge in [-0.2, -0.15) is 0 Å². The Morgan fingerprint density at radius 1 is 1.12 bits per heavy atom. The molecule has 1 N–H and O–H groups in total. The van der Waals surface area contributed by atoms with Crippen molar-refractivity contribution < 1.29 is 0 Å². The van der Waals surface area contributed by atoms with Gasteiger partial charge in [-0.1, -0.05) is 6.07 Å². The van der Waals surface area contributed by atoms with E-state index in [1.165, 1.54) is 4.70 Å². The Morgan fingerprint density at radius 3 is 2.82 bits per heavy atom. The standard InChI is InChI=1S/C13H11N3S/c1-14-10-3-4-11(15-7-10)9-2-5-13-12(6-9)16-8-17-13/h2-8,14H,1H3. The Hall–Kier alpha value is -1.94. The number of fused-ring (bicyclic) bond motifs is 1. The van der Waals surface area contributed by atoms with E-state index in [1.54, 1.807) is 11.3 Å². The SMILES string of the molecule is CNc1ccc(-c2ccc3scnc3c2)nc1. The van der Waals surface area contributed by atoms with Gasteiger partial charge in [0.1, 0.15) is 0 Å². The third-order valence-corrected chi connectivity index (χ3v) is 3.49. The molecular weight excluding hydrogens is 230 g/mol. The maximum atomic E-state index is 4.42. The van der Waals surface area contributed by atoms with Crippen LogP contribution in [0.1, 0.15) is 0 Å². The van der Waals surface area contributed by atoms with E-state index in [4.69, 9.17) is 0 Å². The summed E-state index contributed by atoms with van der Waals surface area (Å²) in [4.78, 5) is 8.74. The van der Waals surface area contributed by atoms with Gasteiger partial charge in [-0.15, -0.1) is 11.3 Å². The molecule has 0 unspecified atom stereocenters. The van der Waals surface area contributed by atoms with E-state index in [0.29, 0.717) is 0 Å². The maximum Gasteiger partial charge on any atom is 0.0818 e. The van der Waals surface area contributed by atoms with Crippen LogP contribution in [0.4, 0.5) is 5.69 Å². The molecule has 3 nitrogen and oxygen atoms in total. The van der Waals surface area contributed by atoms with Gasteiger partial charge in [-0.25, -0.2) is 4.98 Å². The molecule has 0 fully saturated rings. The Labute approximate surface area is 103 Å². The predicted octanol–water partition coefficient (Wildman–Crippen LogP) is 3.40. The number of benzene rings is 1. The summed E-state index contributed by atoms with van der Waals surface area (Å²) in [5.74, 6) is 0. The van der Waals surface area contributed by atoms with Gasteiger partial charge in [-0.05, 0) is 24.3 Å². The number of anilines is 1. The van der Waals surface area contributed by atoms with Crippen molar-refractivity contribution >= 4 is 27.2 Å². The van der Waals surface area contributed by atoms with E-state index in [9.17, 15) is 0 Å². The van der Waals surface area contributed by atoms with Gasteiger partial charge in [0.2, 0.25) is 0 Å². The van der Waals surface area contributed by atoms with Crippen molar-refractivity contribution in [3.8, 4) is 11.3 Å². The number of pyridine rings is 1. The highest BCUT2D eigenvalue weighted by Gasteiger charge is 2.02. The third kappa shape index (κ3) is 1.87. The monoisotopic (exact) mass is 241 g/mol. The van der Waals surface area contributed by atoms with E-state index in [0.717, 1.165) is 22.5 Å². The first-order valence-electron chi connectivity index (χ1n) is 5.34. The second-order valence-electron chi connectivity index (χ2n) is 3.72. The van der Waals surface area contributed by atoms with Crippen molar-refractivity contribution in [2.75, 3.05) is 12.4 Å². The van der Waals surface area contributed by atoms with Crippen LogP contribution in [0.25, 0.3) is 21.5 Å². The molecule has 0 spiro atoms. The molecule has 0 bridgehead atoms. The van der Waals surface area contributed by atoms with Gasteiger partial charge in [0.05, 0.1) is 33.3 Å². The van der Waals surface area contributed by atoms with Crippen molar-refractivity contribution in [3.05, 3.63) is 42.0 Å². The molecule has 84 valence electrons. The summed E-state index contributed by atoms with van der Waals surface area (Å²) >= 11 is 1.66. The lowest BCUT2D eigenvalue weighted by Crippen LogP contribution is -1.89. The molecule has 3 aromatic rings.